The lowest BCUT2D eigenvalue weighted by molar-refractivity contribution is 0.0991. The second-order valence-corrected chi connectivity index (χ2v) is 5.81. The normalized spacial score (nSPS) is 18.6. The predicted molar refractivity (Wildman–Crippen MR) is 90.2 cm³/mol. The van der Waals surface area contributed by atoms with Gasteiger partial charge >= 0.3 is 0 Å². The predicted octanol–water partition coefficient (Wildman–Crippen LogP) is 2.84. The van der Waals surface area contributed by atoms with Crippen LogP contribution in [0.25, 0.3) is 0 Å². The van der Waals surface area contributed by atoms with Crippen molar-refractivity contribution in [2.24, 2.45) is 5.16 Å². The van der Waals surface area contributed by atoms with Crippen LogP contribution in [0.5, 0.6) is 0 Å². The van der Waals surface area contributed by atoms with E-state index in [4.69, 9.17) is 4.84 Å². The van der Waals surface area contributed by atoms with E-state index >= 15 is 0 Å². The topological polar surface area (TPSA) is 45.1 Å². The average Bonchev–Trinajstić information content (AvgIpc) is 2.95. The number of Topliss-reactive ketones (excluding diaryl/α,β-unsaturated/α-hetero) is 1. The molecule has 0 saturated heterocycles. The molecule has 1 heterocycles. The standard InChI is InChI=1S/C18H23N3O2/c1-4-6-11-21-12-20(5-2)16-15(19-23-3)13-9-7-8-10-14(13)18(22)17(16)21/h7-10H,4-6,11-12H2,1-3H3/b19-15-. The van der Waals surface area contributed by atoms with Crippen LogP contribution in [-0.4, -0.2) is 48.2 Å². The number of nitrogens with zero attached hydrogens (tertiary/aromatic N) is 3. The van der Waals surface area contributed by atoms with E-state index in [1.807, 2.05) is 24.3 Å². The number of rotatable bonds is 5. The van der Waals surface area contributed by atoms with Crippen LogP contribution in [0.3, 0.4) is 0 Å². The molecule has 23 heavy (non-hydrogen) atoms. The average molecular weight is 313 g/mol. The molecule has 0 spiro atoms. The van der Waals surface area contributed by atoms with Crippen LogP contribution in [0.1, 0.15) is 42.6 Å². The lowest BCUT2D eigenvalue weighted by Crippen LogP contribution is -2.30. The van der Waals surface area contributed by atoms with Crippen LogP contribution in [-0.2, 0) is 4.84 Å². The first-order valence-electron chi connectivity index (χ1n) is 8.22. The van der Waals surface area contributed by atoms with E-state index in [0.717, 1.165) is 55.3 Å². The van der Waals surface area contributed by atoms with Crippen LogP contribution >= 0.6 is 0 Å². The van der Waals surface area contributed by atoms with Crippen LogP contribution in [0.15, 0.2) is 40.8 Å². The van der Waals surface area contributed by atoms with Crippen molar-refractivity contribution in [2.75, 3.05) is 26.9 Å². The van der Waals surface area contributed by atoms with Gasteiger partial charge in [-0.05, 0) is 13.3 Å². The molecule has 3 rings (SSSR count). The van der Waals surface area contributed by atoms with Gasteiger partial charge in [-0.1, -0.05) is 42.8 Å². The van der Waals surface area contributed by atoms with E-state index in [2.05, 4.69) is 28.8 Å². The molecule has 1 aliphatic carbocycles. The van der Waals surface area contributed by atoms with Gasteiger partial charge in [-0.2, -0.15) is 0 Å². The molecule has 0 N–H and O–H groups in total. The van der Waals surface area contributed by atoms with Crippen molar-refractivity contribution in [2.45, 2.75) is 26.7 Å². The van der Waals surface area contributed by atoms with Gasteiger partial charge in [0.05, 0.1) is 12.4 Å². The highest BCUT2D eigenvalue weighted by Gasteiger charge is 2.41. The molecule has 0 fully saturated rings. The Morgan fingerprint density at radius 3 is 2.52 bits per heavy atom. The minimum atomic E-state index is 0.0951. The SMILES string of the molecule is CCCCN1CN(CC)C2=C1C(=O)c1ccccc1/C2=N/OC. The van der Waals surface area contributed by atoms with E-state index in [-0.39, 0.29) is 5.78 Å². The van der Waals surface area contributed by atoms with E-state index < -0.39 is 0 Å². The third-order valence-electron chi connectivity index (χ3n) is 4.41. The molecule has 0 bridgehead atoms. The summed E-state index contributed by atoms with van der Waals surface area (Å²) in [4.78, 5) is 22.5. The first-order chi connectivity index (χ1) is 11.2. The maximum atomic E-state index is 13.1. The number of hydrogen-bond donors (Lipinski definition) is 0. The monoisotopic (exact) mass is 313 g/mol. The minimum Gasteiger partial charge on any atom is -0.399 e. The van der Waals surface area contributed by atoms with Gasteiger partial charge in [0.1, 0.15) is 18.5 Å². The number of carbonyl (C=O) groups excluding carboxylic acids is 1. The smallest absolute Gasteiger partial charge is 0.212 e. The zero-order valence-electron chi connectivity index (χ0n) is 14.0. The van der Waals surface area contributed by atoms with Gasteiger partial charge < -0.3 is 14.6 Å². The zero-order valence-corrected chi connectivity index (χ0v) is 14.0. The first-order valence-corrected chi connectivity index (χ1v) is 8.22. The third kappa shape index (κ3) is 2.50. The quantitative estimate of drug-likeness (QED) is 0.784. The fourth-order valence-electron chi connectivity index (χ4n) is 3.28. The Morgan fingerprint density at radius 1 is 1.13 bits per heavy atom. The lowest BCUT2D eigenvalue weighted by Gasteiger charge is -2.24. The van der Waals surface area contributed by atoms with Crippen molar-refractivity contribution in [3.63, 3.8) is 0 Å². The summed E-state index contributed by atoms with van der Waals surface area (Å²) in [5.74, 6) is 0.0951. The van der Waals surface area contributed by atoms with Crippen molar-refractivity contribution in [3.8, 4) is 0 Å². The molecule has 1 aliphatic heterocycles. The lowest BCUT2D eigenvalue weighted by atomic mass is 9.89. The van der Waals surface area contributed by atoms with Crippen molar-refractivity contribution in [1.29, 1.82) is 0 Å². The number of likely N-dealkylation sites (N-methyl/N-ethyl adjacent to an activating group) is 1. The number of hydrogen-bond acceptors (Lipinski definition) is 5. The summed E-state index contributed by atoms with van der Waals surface area (Å²) >= 11 is 0. The largest absolute Gasteiger partial charge is 0.399 e. The molecule has 0 aromatic heterocycles. The molecule has 5 heteroatoms. The molecular formula is C18H23N3O2. The van der Waals surface area contributed by atoms with Gasteiger partial charge in [-0.15, -0.1) is 0 Å². The molecule has 5 nitrogen and oxygen atoms in total. The van der Waals surface area contributed by atoms with Crippen molar-refractivity contribution >= 4 is 11.5 Å². The van der Waals surface area contributed by atoms with Crippen molar-refractivity contribution in [3.05, 3.63) is 46.8 Å². The Kier molecular flexibility index (Phi) is 4.37. The maximum Gasteiger partial charge on any atom is 0.212 e. The summed E-state index contributed by atoms with van der Waals surface area (Å²) < 4.78 is 0. The number of oxime groups is 1. The minimum absolute atomic E-state index is 0.0951. The number of unbranched alkanes of at least 4 members (excludes halogenated alkanes) is 1. The summed E-state index contributed by atoms with van der Waals surface area (Å²) in [6.45, 7) is 6.73. The third-order valence-corrected chi connectivity index (χ3v) is 4.41. The number of carbonyl (C=O) groups is 1. The summed E-state index contributed by atoms with van der Waals surface area (Å²) in [7, 11) is 1.55. The van der Waals surface area contributed by atoms with Gasteiger partial charge in [0.25, 0.3) is 0 Å². The molecule has 122 valence electrons. The van der Waals surface area contributed by atoms with Gasteiger partial charge in [0.2, 0.25) is 5.78 Å². The first kappa shape index (κ1) is 15.6. The molecule has 0 saturated carbocycles. The summed E-state index contributed by atoms with van der Waals surface area (Å²) in [6, 6.07) is 7.65. The molecule has 1 aromatic carbocycles. The summed E-state index contributed by atoms with van der Waals surface area (Å²) in [5, 5.41) is 4.25. The van der Waals surface area contributed by atoms with Crippen LogP contribution in [0.4, 0.5) is 0 Å². The number of benzene rings is 1. The Bertz CT molecular complexity index is 679. The number of allylic oxidation sites excluding steroid dienone is 2. The molecule has 0 unspecified atom stereocenters. The second kappa shape index (κ2) is 6.44. The Hall–Kier alpha value is -2.30. The van der Waals surface area contributed by atoms with Gasteiger partial charge in [-0.3, -0.25) is 4.79 Å². The Labute approximate surface area is 137 Å². The van der Waals surface area contributed by atoms with E-state index in [1.54, 1.807) is 7.11 Å². The van der Waals surface area contributed by atoms with Crippen molar-refractivity contribution in [1.82, 2.24) is 9.80 Å². The van der Waals surface area contributed by atoms with Crippen LogP contribution in [0, 0.1) is 0 Å². The second-order valence-electron chi connectivity index (χ2n) is 5.81. The van der Waals surface area contributed by atoms with E-state index in [0.29, 0.717) is 5.56 Å². The number of fused-ring (bicyclic) bond motifs is 1. The fourth-order valence-corrected chi connectivity index (χ4v) is 3.28. The van der Waals surface area contributed by atoms with E-state index in [1.165, 1.54) is 0 Å². The highest BCUT2D eigenvalue weighted by Crippen LogP contribution is 2.35. The molecule has 0 atom stereocenters. The molecule has 0 radical (unpaired) electrons. The number of ketones is 1. The van der Waals surface area contributed by atoms with Gasteiger partial charge in [-0.25, -0.2) is 0 Å². The molecule has 1 aromatic rings. The maximum absolute atomic E-state index is 13.1. The van der Waals surface area contributed by atoms with Crippen molar-refractivity contribution < 1.29 is 9.63 Å². The highest BCUT2D eigenvalue weighted by atomic mass is 16.6. The highest BCUT2D eigenvalue weighted by molar-refractivity contribution is 6.28. The molecular weight excluding hydrogens is 290 g/mol. The Morgan fingerprint density at radius 2 is 1.87 bits per heavy atom. The molecule has 0 amide bonds. The van der Waals surface area contributed by atoms with Crippen LogP contribution in [0.2, 0.25) is 0 Å². The molecule has 2 aliphatic rings. The van der Waals surface area contributed by atoms with Gasteiger partial charge in [0.15, 0.2) is 0 Å². The fraction of sp³-hybridized carbons (Fsp3) is 0.444. The van der Waals surface area contributed by atoms with Gasteiger partial charge in [0, 0.05) is 24.2 Å². The van der Waals surface area contributed by atoms with Crippen LogP contribution < -0.4 is 0 Å². The Balaban J connectivity index is 2.14. The zero-order chi connectivity index (χ0) is 16.4. The summed E-state index contributed by atoms with van der Waals surface area (Å²) in [5.41, 5.74) is 4.01. The van der Waals surface area contributed by atoms with E-state index in [9.17, 15) is 4.79 Å². The summed E-state index contributed by atoms with van der Waals surface area (Å²) in [6.07, 6.45) is 2.18.